The summed E-state index contributed by atoms with van der Waals surface area (Å²) in [6, 6.07) is 15.8. The van der Waals surface area contributed by atoms with Gasteiger partial charge in [0, 0.05) is 12.4 Å². The first-order valence-electron chi connectivity index (χ1n) is 8.13. The van der Waals surface area contributed by atoms with Gasteiger partial charge in [-0.15, -0.1) is 4.40 Å². The van der Waals surface area contributed by atoms with Crippen molar-refractivity contribution in [2.75, 3.05) is 0 Å². The molecule has 0 spiro atoms. The molecule has 1 aromatic heterocycles. The summed E-state index contributed by atoms with van der Waals surface area (Å²) in [6.07, 6.45) is 2.93. The number of carbonyl (C=O) groups excluding carboxylic acids is 1. The minimum absolute atomic E-state index is 0.0423. The van der Waals surface area contributed by atoms with Crippen LogP contribution in [0, 0.1) is 6.92 Å². The summed E-state index contributed by atoms with van der Waals surface area (Å²) in [5, 5.41) is 0. The summed E-state index contributed by atoms with van der Waals surface area (Å²) >= 11 is 0. The third-order valence-electron chi connectivity index (χ3n) is 3.94. The number of nitrogens with two attached hydrogens (primary N) is 1. The number of hydrogen-bond donors (Lipinski definition) is 1. The first-order valence-corrected chi connectivity index (χ1v) is 9.57. The lowest BCUT2D eigenvalue weighted by Gasteiger charge is -2.17. The summed E-state index contributed by atoms with van der Waals surface area (Å²) in [4.78, 5) is 16.2. The van der Waals surface area contributed by atoms with E-state index in [4.69, 9.17) is 5.73 Å². The molecule has 3 aromatic rings. The Labute approximate surface area is 156 Å². The lowest BCUT2D eigenvalue weighted by Crippen LogP contribution is -2.36. The van der Waals surface area contributed by atoms with Crippen LogP contribution in [0.2, 0.25) is 0 Å². The van der Waals surface area contributed by atoms with Gasteiger partial charge in [-0.3, -0.25) is 9.36 Å². The second-order valence-electron chi connectivity index (χ2n) is 5.92. The van der Waals surface area contributed by atoms with Crippen LogP contribution in [0.3, 0.4) is 0 Å². The number of hydrogen-bond acceptors (Lipinski definition) is 4. The summed E-state index contributed by atoms with van der Waals surface area (Å²) in [6.45, 7) is 1.86. The van der Waals surface area contributed by atoms with Gasteiger partial charge in [-0.05, 0) is 30.7 Å². The Hall–Kier alpha value is -3.26. The molecule has 3 rings (SSSR count). The van der Waals surface area contributed by atoms with E-state index in [1.54, 1.807) is 42.5 Å². The molecule has 1 heterocycles. The number of aromatic nitrogens is 2. The molecule has 2 N–H and O–H groups in total. The third-order valence-corrected chi connectivity index (χ3v) is 5.21. The van der Waals surface area contributed by atoms with Gasteiger partial charge in [-0.2, -0.15) is 8.42 Å². The van der Waals surface area contributed by atoms with Crippen molar-refractivity contribution in [1.82, 2.24) is 9.55 Å². The summed E-state index contributed by atoms with van der Waals surface area (Å²) in [7, 11) is -4.00. The SMILES string of the molecule is Cc1ccc(S(=O)(=O)/N=c2\ncccn2C(C(N)=O)c2ccccc2)cc1. The molecule has 0 bridgehead atoms. The molecule has 8 heteroatoms. The van der Waals surface area contributed by atoms with Gasteiger partial charge in [-0.25, -0.2) is 4.98 Å². The van der Waals surface area contributed by atoms with Gasteiger partial charge >= 0.3 is 0 Å². The van der Waals surface area contributed by atoms with Gasteiger partial charge in [0.2, 0.25) is 11.5 Å². The highest BCUT2D eigenvalue weighted by atomic mass is 32.2. The molecule has 0 aliphatic heterocycles. The fourth-order valence-corrected chi connectivity index (χ4v) is 3.56. The van der Waals surface area contributed by atoms with Crippen LogP contribution in [-0.4, -0.2) is 23.9 Å². The van der Waals surface area contributed by atoms with Gasteiger partial charge in [0.05, 0.1) is 4.90 Å². The second-order valence-corrected chi connectivity index (χ2v) is 7.53. The highest BCUT2D eigenvalue weighted by Crippen LogP contribution is 2.16. The Kier molecular flexibility index (Phi) is 5.18. The van der Waals surface area contributed by atoms with Crippen LogP contribution >= 0.6 is 0 Å². The van der Waals surface area contributed by atoms with Crippen LogP contribution in [0.15, 0.2) is 82.4 Å². The fourth-order valence-electron chi connectivity index (χ4n) is 2.61. The zero-order chi connectivity index (χ0) is 19.4. The Balaban J connectivity index is 2.17. The normalized spacial score (nSPS) is 13.3. The van der Waals surface area contributed by atoms with E-state index >= 15 is 0 Å². The zero-order valence-electron chi connectivity index (χ0n) is 14.6. The minimum atomic E-state index is -4.00. The predicted molar refractivity (Wildman–Crippen MR) is 99.9 cm³/mol. The van der Waals surface area contributed by atoms with Gasteiger partial charge in [-0.1, -0.05) is 48.0 Å². The molecule has 0 aliphatic carbocycles. The van der Waals surface area contributed by atoms with E-state index in [1.807, 2.05) is 13.0 Å². The molecule has 1 atom stereocenters. The van der Waals surface area contributed by atoms with Crippen LogP contribution in [0.25, 0.3) is 0 Å². The van der Waals surface area contributed by atoms with E-state index in [2.05, 4.69) is 9.38 Å². The molecule has 138 valence electrons. The molecule has 0 fully saturated rings. The first-order chi connectivity index (χ1) is 12.9. The molecule has 1 unspecified atom stereocenters. The lowest BCUT2D eigenvalue weighted by molar-refractivity contribution is -0.120. The van der Waals surface area contributed by atoms with Crippen molar-refractivity contribution < 1.29 is 13.2 Å². The first kappa shape index (κ1) is 18.5. The quantitative estimate of drug-likeness (QED) is 0.722. The largest absolute Gasteiger partial charge is 0.368 e. The Morgan fingerprint density at radius 1 is 1.07 bits per heavy atom. The Bertz CT molecular complexity index is 1120. The molecule has 2 aromatic carbocycles. The van der Waals surface area contributed by atoms with Crippen LogP contribution in [-0.2, 0) is 14.8 Å². The summed E-state index contributed by atoms with van der Waals surface area (Å²) < 4.78 is 30.5. The fraction of sp³-hybridized carbons (Fsp3) is 0.105. The number of amides is 1. The smallest absolute Gasteiger partial charge is 0.285 e. The van der Waals surface area contributed by atoms with Gasteiger partial charge in [0.1, 0.15) is 6.04 Å². The number of primary amides is 1. The molecule has 0 radical (unpaired) electrons. The summed E-state index contributed by atoms with van der Waals surface area (Å²) in [5.41, 5.74) is 6.98. The minimum Gasteiger partial charge on any atom is -0.368 e. The van der Waals surface area contributed by atoms with Crippen molar-refractivity contribution in [2.45, 2.75) is 17.9 Å². The van der Waals surface area contributed by atoms with Gasteiger partial charge < -0.3 is 5.73 Å². The van der Waals surface area contributed by atoms with Crippen molar-refractivity contribution in [3.8, 4) is 0 Å². The van der Waals surface area contributed by atoms with E-state index in [1.165, 1.54) is 29.1 Å². The molecular weight excluding hydrogens is 364 g/mol. The third kappa shape index (κ3) is 4.12. The molecule has 1 amide bonds. The van der Waals surface area contributed by atoms with Gasteiger partial charge in [0.25, 0.3) is 10.0 Å². The van der Waals surface area contributed by atoms with Crippen molar-refractivity contribution in [3.05, 3.63) is 89.8 Å². The zero-order valence-corrected chi connectivity index (χ0v) is 15.4. The van der Waals surface area contributed by atoms with Crippen molar-refractivity contribution in [2.24, 2.45) is 10.1 Å². The van der Waals surface area contributed by atoms with E-state index in [0.717, 1.165) is 5.56 Å². The van der Waals surface area contributed by atoms with E-state index < -0.39 is 22.0 Å². The average Bonchev–Trinajstić information content (AvgIpc) is 2.64. The van der Waals surface area contributed by atoms with E-state index in [-0.39, 0.29) is 10.5 Å². The lowest BCUT2D eigenvalue weighted by atomic mass is 10.1. The second kappa shape index (κ2) is 7.55. The Morgan fingerprint density at radius 3 is 2.37 bits per heavy atom. The maximum absolute atomic E-state index is 12.7. The molecule has 0 aliphatic rings. The Morgan fingerprint density at radius 2 is 1.74 bits per heavy atom. The van der Waals surface area contributed by atoms with Crippen molar-refractivity contribution in [3.63, 3.8) is 0 Å². The number of carbonyl (C=O) groups is 1. The molecule has 0 saturated heterocycles. The molecule has 7 nitrogen and oxygen atoms in total. The van der Waals surface area contributed by atoms with Crippen LogP contribution in [0.1, 0.15) is 17.2 Å². The van der Waals surface area contributed by atoms with Crippen LogP contribution in [0.5, 0.6) is 0 Å². The maximum atomic E-state index is 12.7. The van der Waals surface area contributed by atoms with Crippen LogP contribution in [0.4, 0.5) is 0 Å². The highest BCUT2D eigenvalue weighted by Gasteiger charge is 2.21. The number of aryl methyl sites for hydroxylation is 1. The van der Waals surface area contributed by atoms with E-state index in [9.17, 15) is 13.2 Å². The monoisotopic (exact) mass is 382 g/mol. The summed E-state index contributed by atoms with van der Waals surface area (Å²) in [5.74, 6) is -0.650. The number of benzene rings is 2. The standard InChI is InChI=1S/C19H18N4O3S/c1-14-8-10-16(11-9-14)27(25,26)22-19-21-12-5-13-23(19)17(18(20)24)15-6-3-2-4-7-15/h2-13,17H,1H3,(H2,20,24)/b22-19+. The molecule has 27 heavy (non-hydrogen) atoms. The van der Waals surface area contributed by atoms with Crippen LogP contribution < -0.4 is 11.4 Å². The van der Waals surface area contributed by atoms with Crippen molar-refractivity contribution in [1.29, 1.82) is 0 Å². The predicted octanol–water partition coefficient (Wildman–Crippen LogP) is 1.56. The average molecular weight is 382 g/mol. The number of rotatable bonds is 5. The van der Waals surface area contributed by atoms with Crippen molar-refractivity contribution >= 4 is 15.9 Å². The highest BCUT2D eigenvalue weighted by molar-refractivity contribution is 7.90. The van der Waals surface area contributed by atoms with E-state index in [0.29, 0.717) is 5.56 Å². The van der Waals surface area contributed by atoms with Gasteiger partial charge in [0.15, 0.2) is 0 Å². The molecular formula is C19H18N4O3S. The number of sulfonamides is 1. The maximum Gasteiger partial charge on any atom is 0.285 e. The topological polar surface area (TPSA) is 107 Å². The molecule has 0 saturated carbocycles. The number of nitrogens with zero attached hydrogens (tertiary/aromatic N) is 3.